The Morgan fingerprint density at radius 1 is 1.33 bits per heavy atom. The molecule has 0 aromatic heterocycles. The topological polar surface area (TPSA) is 15.6 Å². The van der Waals surface area contributed by atoms with Gasteiger partial charge in [-0.3, -0.25) is 4.99 Å². The molecule has 2 heteroatoms. The van der Waals surface area contributed by atoms with Gasteiger partial charge < -0.3 is 4.90 Å². The molecule has 0 aromatic rings. The smallest absolute Gasteiger partial charge is 0.0846 e. The molecular weight excluding hydrogens is 148 g/mol. The summed E-state index contributed by atoms with van der Waals surface area (Å²) in [5.74, 6) is 1.79. The lowest BCUT2D eigenvalue weighted by atomic mass is 9.87. The molecule has 0 spiro atoms. The Hall–Kier alpha value is -0.530. The van der Waals surface area contributed by atoms with Crippen LogP contribution < -0.4 is 0 Å². The molecule has 1 heterocycles. The number of aliphatic imine (C=N–C) groups is 1. The molecule has 0 bridgehead atoms. The Morgan fingerprint density at radius 3 is 2.33 bits per heavy atom. The van der Waals surface area contributed by atoms with E-state index in [1.54, 1.807) is 0 Å². The zero-order chi connectivity index (χ0) is 8.97. The fourth-order valence-electron chi connectivity index (χ4n) is 1.86. The van der Waals surface area contributed by atoms with Gasteiger partial charge in [-0.15, -0.1) is 0 Å². The van der Waals surface area contributed by atoms with Crippen LogP contribution in [-0.4, -0.2) is 31.4 Å². The van der Waals surface area contributed by atoms with E-state index in [0.717, 1.165) is 11.8 Å². The van der Waals surface area contributed by atoms with Crippen molar-refractivity contribution in [2.24, 2.45) is 16.8 Å². The fraction of sp³-hybridized carbons (Fsp3) is 0.900. The Kier molecular flexibility index (Phi) is 3.57. The SMILES string of the molecule is CN=CN1CCC(C(C)C)CC1. The van der Waals surface area contributed by atoms with Gasteiger partial charge in [0.15, 0.2) is 0 Å². The van der Waals surface area contributed by atoms with Crippen LogP contribution in [0.15, 0.2) is 4.99 Å². The molecule has 12 heavy (non-hydrogen) atoms. The molecular formula is C10H20N2. The van der Waals surface area contributed by atoms with Crippen LogP contribution in [-0.2, 0) is 0 Å². The van der Waals surface area contributed by atoms with Gasteiger partial charge in [0.05, 0.1) is 6.34 Å². The molecule has 2 nitrogen and oxygen atoms in total. The number of likely N-dealkylation sites (tertiary alicyclic amines) is 1. The van der Waals surface area contributed by atoms with Crippen LogP contribution in [0.4, 0.5) is 0 Å². The van der Waals surface area contributed by atoms with Gasteiger partial charge in [0.2, 0.25) is 0 Å². The van der Waals surface area contributed by atoms with E-state index in [4.69, 9.17) is 0 Å². The minimum absolute atomic E-state index is 0.853. The zero-order valence-corrected chi connectivity index (χ0v) is 8.45. The highest BCUT2D eigenvalue weighted by Gasteiger charge is 2.19. The minimum Gasteiger partial charge on any atom is -0.363 e. The van der Waals surface area contributed by atoms with Crippen molar-refractivity contribution in [3.05, 3.63) is 0 Å². The van der Waals surface area contributed by atoms with E-state index in [9.17, 15) is 0 Å². The summed E-state index contributed by atoms with van der Waals surface area (Å²) in [6, 6.07) is 0. The zero-order valence-electron chi connectivity index (χ0n) is 8.45. The highest BCUT2D eigenvalue weighted by molar-refractivity contribution is 5.54. The summed E-state index contributed by atoms with van der Waals surface area (Å²) in [6.45, 7) is 7.04. The number of hydrogen-bond acceptors (Lipinski definition) is 1. The molecule has 70 valence electrons. The Labute approximate surface area is 75.7 Å². The second-order valence-corrected chi connectivity index (χ2v) is 3.99. The van der Waals surface area contributed by atoms with E-state index >= 15 is 0 Å². The average molecular weight is 168 g/mol. The molecule has 1 saturated heterocycles. The largest absolute Gasteiger partial charge is 0.363 e. The molecule has 0 aromatic carbocycles. The van der Waals surface area contributed by atoms with Crippen LogP contribution in [0.25, 0.3) is 0 Å². The summed E-state index contributed by atoms with van der Waals surface area (Å²) in [4.78, 5) is 6.35. The number of piperidine rings is 1. The highest BCUT2D eigenvalue weighted by atomic mass is 15.1. The highest BCUT2D eigenvalue weighted by Crippen LogP contribution is 2.23. The summed E-state index contributed by atoms with van der Waals surface area (Å²) in [6.07, 6.45) is 4.64. The molecule has 1 aliphatic heterocycles. The van der Waals surface area contributed by atoms with E-state index in [1.165, 1.54) is 25.9 Å². The lowest BCUT2D eigenvalue weighted by Crippen LogP contribution is -2.34. The average Bonchev–Trinajstić information content (AvgIpc) is 2.06. The van der Waals surface area contributed by atoms with Crippen molar-refractivity contribution < 1.29 is 0 Å². The molecule has 0 radical (unpaired) electrons. The van der Waals surface area contributed by atoms with Crippen molar-refractivity contribution in [3.8, 4) is 0 Å². The van der Waals surface area contributed by atoms with E-state index < -0.39 is 0 Å². The number of rotatable bonds is 2. The predicted octanol–water partition coefficient (Wildman–Crippen LogP) is 2.01. The lowest BCUT2D eigenvalue weighted by molar-refractivity contribution is 0.224. The third-order valence-corrected chi connectivity index (χ3v) is 2.80. The summed E-state index contributed by atoms with van der Waals surface area (Å²) in [5, 5.41) is 0. The van der Waals surface area contributed by atoms with Gasteiger partial charge >= 0.3 is 0 Å². The molecule has 0 unspecified atom stereocenters. The van der Waals surface area contributed by atoms with Crippen molar-refractivity contribution in [3.63, 3.8) is 0 Å². The van der Waals surface area contributed by atoms with Crippen LogP contribution in [0.2, 0.25) is 0 Å². The summed E-state index contributed by atoms with van der Waals surface area (Å²) in [7, 11) is 1.84. The Bertz CT molecular complexity index is 144. The Balaban J connectivity index is 2.29. The van der Waals surface area contributed by atoms with Crippen LogP contribution in [0.5, 0.6) is 0 Å². The van der Waals surface area contributed by atoms with Crippen LogP contribution in [0, 0.1) is 11.8 Å². The number of nitrogens with zero attached hydrogens (tertiary/aromatic N) is 2. The lowest BCUT2D eigenvalue weighted by Gasteiger charge is -2.32. The van der Waals surface area contributed by atoms with Crippen LogP contribution >= 0.6 is 0 Å². The van der Waals surface area contributed by atoms with Crippen molar-refractivity contribution in [2.75, 3.05) is 20.1 Å². The third-order valence-electron chi connectivity index (χ3n) is 2.80. The second kappa shape index (κ2) is 4.48. The molecule has 1 fully saturated rings. The van der Waals surface area contributed by atoms with Gasteiger partial charge in [0, 0.05) is 20.1 Å². The molecule has 1 aliphatic rings. The van der Waals surface area contributed by atoms with Crippen LogP contribution in [0.1, 0.15) is 26.7 Å². The van der Waals surface area contributed by atoms with Gasteiger partial charge in [-0.1, -0.05) is 13.8 Å². The first-order chi connectivity index (χ1) is 5.74. The predicted molar refractivity (Wildman–Crippen MR) is 53.6 cm³/mol. The van der Waals surface area contributed by atoms with E-state index in [2.05, 4.69) is 23.7 Å². The van der Waals surface area contributed by atoms with Gasteiger partial charge in [0.25, 0.3) is 0 Å². The third kappa shape index (κ3) is 2.50. The monoisotopic (exact) mass is 168 g/mol. The van der Waals surface area contributed by atoms with Crippen molar-refractivity contribution in [1.29, 1.82) is 0 Å². The quantitative estimate of drug-likeness (QED) is 0.455. The molecule has 0 N–H and O–H groups in total. The van der Waals surface area contributed by atoms with Crippen LogP contribution in [0.3, 0.4) is 0 Å². The summed E-state index contributed by atoms with van der Waals surface area (Å²) >= 11 is 0. The molecule has 0 saturated carbocycles. The van der Waals surface area contributed by atoms with E-state index in [1.807, 2.05) is 13.4 Å². The first-order valence-corrected chi connectivity index (χ1v) is 4.90. The second-order valence-electron chi connectivity index (χ2n) is 3.99. The first-order valence-electron chi connectivity index (χ1n) is 4.90. The summed E-state index contributed by atoms with van der Waals surface area (Å²) in [5.41, 5.74) is 0. The maximum absolute atomic E-state index is 4.03. The number of hydrogen-bond donors (Lipinski definition) is 0. The van der Waals surface area contributed by atoms with Gasteiger partial charge in [-0.05, 0) is 24.7 Å². The van der Waals surface area contributed by atoms with Gasteiger partial charge in [-0.2, -0.15) is 0 Å². The summed E-state index contributed by atoms with van der Waals surface area (Å²) < 4.78 is 0. The molecule has 1 rings (SSSR count). The first kappa shape index (κ1) is 9.56. The van der Waals surface area contributed by atoms with E-state index in [0.29, 0.717) is 0 Å². The maximum Gasteiger partial charge on any atom is 0.0846 e. The van der Waals surface area contributed by atoms with Gasteiger partial charge in [0.1, 0.15) is 0 Å². The van der Waals surface area contributed by atoms with Crippen molar-refractivity contribution in [1.82, 2.24) is 4.90 Å². The standard InChI is InChI=1S/C10H20N2/c1-9(2)10-4-6-12(7-5-10)8-11-3/h8-10H,4-7H2,1-3H3. The molecule has 0 amide bonds. The normalized spacial score (nSPS) is 21.2. The maximum atomic E-state index is 4.03. The Morgan fingerprint density at radius 2 is 1.92 bits per heavy atom. The van der Waals surface area contributed by atoms with E-state index in [-0.39, 0.29) is 0 Å². The van der Waals surface area contributed by atoms with Crippen molar-refractivity contribution in [2.45, 2.75) is 26.7 Å². The molecule has 0 atom stereocenters. The van der Waals surface area contributed by atoms with Crippen molar-refractivity contribution >= 4 is 6.34 Å². The molecule has 0 aliphatic carbocycles. The fourth-order valence-corrected chi connectivity index (χ4v) is 1.86. The van der Waals surface area contributed by atoms with Gasteiger partial charge in [-0.25, -0.2) is 0 Å². The minimum atomic E-state index is 0.853.